The Labute approximate surface area is 179 Å². The third kappa shape index (κ3) is 5.58. The number of rotatable bonds is 8. The molecule has 0 aliphatic rings. The second-order valence-electron chi connectivity index (χ2n) is 6.54. The van der Waals surface area contributed by atoms with Crippen LogP contribution in [0.25, 0.3) is 10.8 Å². The van der Waals surface area contributed by atoms with Crippen LogP contribution in [0.5, 0.6) is 5.75 Å². The number of carbonyl (C=O) groups excluding carboxylic acids is 2. The van der Waals surface area contributed by atoms with Crippen molar-refractivity contribution in [2.75, 3.05) is 11.9 Å². The lowest BCUT2D eigenvalue weighted by molar-refractivity contribution is -0.126. The zero-order chi connectivity index (χ0) is 21.3. The molecule has 2 amide bonds. The van der Waals surface area contributed by atoms with Gasteiger partial charge in [-0.1, -0.05) is 61.0 Å². The molecule has 0 bridgehead atoms. The van der Waals surface area contributed by atoms with Crippen LogP contribution in [0.2, 0.25) is 5.02 Å². The molecular weight excluding hydrogens is 402 g/mol. The highest BCUT2D eigenvalue weighted by Crippen LogP contribution is 2.27. The van der Waals surface area contributed by atoms with Crippen molar-refractivity contribution in [2.24, 2.45) is 5.10 Å². The first-order chi connectivity index (χ1) is 14.6. The van der Waals surface area contributed by atoms with E-state index in [2.05, 4.69) is 15.8 Å². The summed E-state index contributed by atoms with van der Waals surface area (Å²) in [4.78, 5) is 24.1. The lowest BCUT2D eigenvalue weighted by Gasteiger charge is -2.11. The average molecular weight is 424 g/mol. The summed E-state index contributed by atoms with van der Waals surface area (Å²) in [5, 5.41) is 9.03. The Bertz CT molecular complexity index is 1080. The first-order valence-corrected chi connectivity index (χ1v) is 9.97. The van der Waals surface area contributed by atoms with Crippen LogP contribution in [0.1, 0.15) is 25.3 Å². The largest absolute Gasteiger partial charge is 0.493 e. The third-order valence-electron chi connectivity index (χ3n) is 4.24. The fourth-order valence-corrected chi connectivity index (χ4v) is 3.04. The number of ether oxygens (including phenoxy) is 1. The number of hydrogen-bond acceptors (Lipinski definition) is 4. The van der Waals surface area contributed by atoms with E-state index < -0.39 is 11.8 Å². The van der Waals surface area contributed by atoms with Gasteiger partial charge in [0.2, 0.25) is 11.8 Å². The van der Waals surface area contributed by atoms with Crippen molar-refractivity contribution in [1.82, 2.24) is 5.43 Å². The van der Waals surface area contributed by atoms with Crippen molar-refractivity contribution in [3.8, 4) is 5.75 Å². The predicted molar refractivity (Wildman–Crippen MR) is 120 cm³/mol. The van der Waals surface area contributed by atoms with Crippen LogP contribution in [0.4, 0.5) is 5.69 Å². The summed E-state index contributed by atoms with van der Waals surface area (Å²) in [5.74, 6) is -0.329. The van der Waals surface area contributed by atoms with E-state index in [0.29, 0.717) is 23.1 Å². The molecule has 0 aliphatic carbocycles. The number of amides is 2. The van der Waals surface area contributed by atoms with Gasteiger partial charge in [-0.2, -0.15) is 5.10 Å². The van der Waals surface area contributed by atoms with Crippen molar-refractivity contribution in [3.63, 3.8) is 0 Å². The maximum atomic E-state index is 12.1. The van der Waals surface area contributed by atoms with Crippen molar-refractivity contribution >= 4 is 46.1 Å². The Morgan fingerprint density at radius 2 is 1.80 bits per heavy atom. The molecule has 7 heteroatoms. The van der Waals surface area contributed by atoms with Gasteiger partial charge in [-0.15, -0.1) is 0 Å². The van der Waals surface area contributed by atoms with Crippen molar-refractivity contribution in [2.45, 2.75) is 19.8 Å². The van der Waals surface area contributed by atoms with Crippen LogP contribution in [-0.2, 0) is 9.59 Å². The van der Waals surface area contributed by atoms with E-state index in [1.807, 2.05) is 43.3 Å². The van der Waals surface area contributed by atoms with E-state index in [-0.39, 0.29) is 6.42 Å². The fraction of sp³-hybridized carbons (Fsp3) is 0.174. The van der Waals surface area contributed by atoms with Crippen molar-refractivity contribution in [1.29, 1.82) is 0 Å². The monoisotopic (exact) mass is 423 g/mol. The van der Waals surface area contributed by atoms with E-state index in [9.17, 15) is 9.59 Å². The number of nitrogens with zero attached hydrogens (tertiary/aromatic N) is 1. The molecule has 0 heterocycles. The SMILES string of the molecule is CCCOc1ccc2ccccc2c1C=NNC(=O)CC(=O)Nc1ccccc1Cl. The summed E-state index contributed by atoms with van der Waals surface area (Å²) in [7, 11) is 0. The number of anilines is 1. The van der Waals surface area contributed by atoms with Gasteiger partial charge in [0, 0.05) is 5.56 Å². The molecule has 2 N–H and O–H groups in total. The summed E-state index contributed by atoms with van der Waals surface area (Å²) in [6.45, 7) is 2.61. The molecule has 0 radical (unpaired) electrons. The molecule has 0 atom stereocenters. The van der Waals surface area contributed by atoms with Gasteiger partial charge >= 0.3 is 0 Å². The van der Waals surface area contributed by atoms with Crippen molar-refractivity contribution < 1.29 is 14.3 Å². The number of halogens is 1. The molecule has 154 valence electrons. The van der Waals surface area contributed by atoms with Gasteiger partial charge in [-0.05, 0) is 35.4 Å². The van der Waals surface area contributed by atoms with Gasteiger partial charge in [0.05, 0.1) is 23.5 Å². The molecule has 0 spiro atoms. The standard InChI is InChI=1S/C23H22ClN3O3/c1-2-13-30-21-12-11-16-7-3-4-8-17(16)18(21)15-25-27-23(29)14-22(28)26-20-10-6-5-9-19(20)24/h3-12,15H,2,13-14H2,1H3,(H,26,28)(H,27,29). The zero-order valence-electron chi connectivity index (χ0n) is 16.5. The van der Waals surface area contributed by atoms with Crippen LogP contribution < -0.4 is 15.5 Å². The lowest BCUT2D eigenvalue weighted by Crippen LogP contribution is -2.24. The number of fused-ring (bicyclic) bond motifs is 1. The number of carbonyl (C=O) groups is 2. The minimum atomic E-state index is -0.535. The van der Waals surface area contributed by atoms with E-state index in [4.69, 9.17) is 16.3 Å². The molecule has 6 nitrogen and oxygen atoms in total. The molecule has 0 unspecified atom stereocenters. The summed E-state index contributed by atoms with van der Waals surface area (Å²) < 4.78 is 5.81. The van der Waals surface area contributed by atoms with Crippen LogP contribution in [0.3, 0.4) is 0 Å². The minimum absolute atomic E-state index is 0.378. The number of benzene rings is 3. The van der Waals surface area contributed by atoms with E-state index in [0.717, 1.165) is 22.8 Å². The normalized spacial score (nSPS) is 10.9. The number of hydrazone groups is 1. The maximum Gasteiger partial charge on any atom is 0.249 e. The van der Waals surface area contributed by atoms with Crippen LogP contribution in [0.15, 0.2) is 65.8 Å². The maximum absolute atomic E-state index is 12.1. The Morgan fingerprint density at radius 1 is 1.03 bits per heavy atom. The Morgan fingerprint density at radius 3 is 2.60 bits per heavy atom. The highest BCUT2D eigenvalue weighted by Gasteiger charge is 2.11. The van der Waals surface area contributed by atoms with Crippen LogP contribution in [0, 0.1) is 0 Å². The molecule has 3 aromatic carbocycles. The van der Waals surface area contributed by atoms with Gasteiger partial charge in [0.15, 0.2) is 0 Å². The number of hydrogen-bond donors (Lipinski definition) is 2. The molecule has 30 heavy (non-hydrogen) atoms. The Kier molecular flexibility index (Phi) is 7.40. The third-order valence-corrected chi connectivity index (χ3v) is 4.57. The smallest absolute Gasteiger partial charge is 0.249 e. The summed E-state index contributed by atoms with van der Waals surface area (Å²) in [6.07, 6.45) is 2.04. The van der Waals surface area contributed by atoms with E-state index in [1.54, 1.807) is 24.3 Å². The van der Waals surface area contributed by atoms with Crippen LogP contribution >= 0.6 is 11.6 Å². The van der Waals surface area contributed by atoms with Crippen LogP contribution in [-0.4, -0.2) is 24.6 Å². The highest BCUT2D eigenvalue weighted by molar-refractivity contribution is 6.33. The predicted octanol–water partition coefficient (Wildman–Crippen LogP) is 4.76. The Hall–Kier alpha value is -3.38. The highest BCUT2D eigenvalue weighted by atomic mass is 35.5. The molecular formula is C23H22ClN3O3. The average Bonchev–Trinajstić information content (AvgIpc) is 2.74. The molecule has 3 aromatic rings. The Balaban J connectivity index is 1.67. The minimum Gasteiger partial charge on any atom is -0.493 e. The molecule has 0 fully saturated rings. The molecule has 0 saturated carbocycles. The first kappa shape index (κ1) is 21.3. The van der Waals surface area contributed by atoms with Gasteiger partial charge in [0.25, 0.3) is 0 Å². The second-order valence-corrected chi connectivity index (χ2v) is 6.95. The van der Waals surface area contributed by atoms with E-state index >= 15 is 0 Å². The summed E-state index contributed by atoms with van der Waals surface area (Å²) in [6, 6.07) is 18.5. The quantitative estimate of drug-likeness (QED) is 0.311. The van der Waals surface area contributed by atoms with Gasteiger partial charge < -0.3 is 10.1 Å². The molecule has 3 rings (SSSR count). The van der Waals surface area contributed by atoms with Crippen molar-refractivity contribution in [3.05, 3.63) is 71.2 Å². The molecule has 0 aromatic heterocycles. The number of nitrogens with one attached hydrogen (secondary N) is 2. The topological polar surface area (TPSA) is 79.8 Å². The zero-order valence-corrected chi connectivity index (χ0v) is 17.3. The van der Waals surface area contributed by atoms with Gasteiger partial charge in [-0.3, -0.25) is 9.59 Å². The second kappa shape index (κ2) is 10.4. The molecule has 0 saturated heterocycles. The first-order valence-electron chi connectivity index (χ1n) is 9.59. The summed E-state index contributed by atoms with van der Waals surface area (Å²) >= 11 is 6.00. The molecule has 0 aliphatic heterocycles. The summed E-state index contributed by atoms with van der Waals surface area (Å²) in [5.41, 5.74) is 3.61. The van der Waals surface area contributed by atoms with Gasteiger partial charge in [-0.25, -0.2) is 5.43 Å². The fourth-order valence-electron chi connectivity index (χ4n) is 2.86. The number of para-hydroxylation sites is 1. The van der Waals surface area contributed by atoms with Gasteiger partial charge in [0.1, 0.15) is 12.2 Å². The lowest BCUT2D eigenvalue weighted by atomic mass is 10.0. The van der Waals surface area contributed by atoms with E-state index in [1.165, 1.54) is 6.21 Å².